The van der Waals surface area contributed by atoms with E-state index in [1.165, 1.54) is 0 Å². The Kier molecular flexibility index (Phi) is 11.8. The van der Waals surface area contributed by atoms with Gasteiger partial charge in [-0.25, -0.2) is 0 Å². The van der Waals surface area contributed by atoms with Crippen LogP contribution in [-0.4, -0.2) is 44.3 Å². The van der Waals surface area contributed by atoms with E-state index < -0.39 is 23.9 Å². The second-order valence-electron chi connectivity index (χ2n) is 13.1. The van der Waals surface area contributed by atoms with Gasteiger partial charge in [0.05, 0.1) is 0 Å². The van der Waals surface area contributed by atoms with Crippen LogP contribution in [0.5, 0.6) is 0 Å². The average Bonchev–Trinajstić information content (AvgIpc) is 3.66. The van der Waals surface area contributed by atoms with Gasteiger partial charge < -0.3 is 20.4 Å². The molecule has 0 saturated heterocycles. The molecule has 8 nitrogen and oxygen atoms in total. The van der Waals surface area contributed by atoms with Crippen LogP contribution >= 0.6 is 0 Å². The second kappa shape index (κ2) is 15.5. The van der Waals surface area contributed by atoms with E-state index in [1.54, 1.807) is 0 Å². The van der Waals surface area contributed by atoms with Gasteiger partial charge in [-0.05, 0) is 49.8 Å². The Labute approximate surface area is 298 Å². The summed E-state index contributed by atoms with van der Waals surface area (Å²) < 4.78 is 0. The molecule has 0 aliphatic heterocycles. The van der Waals surface area contributed by atoms with E-state index >= 15 is 0 Å². The number of carboxylic acid groups (broad SMARTS) is 4. The first-order valence-corrected chi connectivity index (χ1v) is 16.4. The van der Waals surface area contributed by atoms with E-state index in [1.807, 2.05) is 27.7 Å². The van der Waals surface area contributed by atoms with E-state index in [2.05, 4.69) is 42.5 Å². The first kappa shape index (κ1) is 37.5. The van der Waals surface area contributed by atoms with Crippen LogP contribution in [0.15, 0.2) is 63.3 Å². The molecule has 0 heterocycles. The van der Waals surface area contributed by atoms with Gasteiger partial charge in [0.1, 0.15) is 0 Å². The molecule has 0 aromatic heterocycles. The number of rotatable bonds is 12. The van der Waals surface area contributed by atoms with Crippen molar-refractivity contribution in [3.05, 3.63) is 107 Å². The van der Waals surface area contributed by atoms with Crippen molar-refractivity contribution in [2.45, 2.75) is 85.5 Å². The molecular weight excluding hydrogens is 674 g/mol. The largest absolute Gasteiger partial charge is 2.00 e. The summed E-state index contributed by atoms with van der Waals surface area (Å²) in [6.07, 6.45) is 12.5. The standard InChI is InChI=1S/C40H42O8.Zn/c1-21-25-13-29(33(21)5-9-37(41)42)18-26-15-31(35(22(26)2)7-11-39(45)46)20-28-16-32(36(24(28)4)8-12-40(47)48)19-27-14-30(17-25)34(23(27)3)6-10-38(43)44;/h13-19,28H,5-12,20H2,1-4H3,(H,41,42)(H,43,44)(H,45,46)(H,47,48);/q-2;+2/b27-19+,29-18+,30-17+;. The number of fused-ring (bicyclic) bond motifs is 6. The molecule has 2 aromatic carbocycles. The van der Waals surface area contributed by atoms with Crippen LogP contribution in [0.25, 0.3) is 18.2 Å². The summed E-state index contributed by atoms with van der Waals surface area (Å²) in [7, 11) is 0. The molecule has 1 unspecified atom stereocenters. The molecule has 0 saturated carbocycles. The van der Waals surface area contributed by atoms with Gasteiger partial charge in [-0.1, -0.05) is 61.1 Å². The Morgan fingerprint density at radius 3 is 1.80 bits per heavy atom. The van der Waals surface area contributed by atoms with Crippen LogP contribution in [0.2, 0.25) is 0 Å². The summed E-state index contributed by atoms with van der Waals surface area (Å²) >= 11 is 0. The minimum Gasteiger partial charge on any atom is -0.481 e. The summed E-state index contributed by atoms with van der Waals surface area (Å²) in [5.74, 6) is -3.53. The Balaban J connectivity index is 0.00000541. The smallest absolute Gasteiger partial charge is 0.481 e. The zero-order valence-electron chi connectivity index (χ0n) is 28.6. The van der Waals surface area contributed by atoms with Crippen molar-refractivity contribution in [3.8, 4) is 0 Å². The SMILES string of the molecule is CC1=C(CCC(=O)O)/C2=C/c3[cH-]c(c(CCC(=O)O)c3C)CC3C=C(/C=c4\[cH-]/c(c(CCC(=O)O)c4C)=C\C1=C2)C(CCC(=O)O)=C3C.[Zn+2]. The molecule has 252 valence electrons. The zero-order valence-corrected chi connectivity index (χ0v) is 31.6. The zero-order chi connectivity index (χ0) is 34.9. The molecule has 5 rings (SSSR count). The van der Waals surface area contributed by atoms with Crippen molar-refractivity contribution < 1.29 is 59.1 Å². The van der Waals surface area contributed by atoms with E-state index in [4.69, 9.17) is 0 Å². The molecule has 0 radical (unpaired) electrons. The van der Waals surface area contributed by atoms with Crippen molar-refractivity contribution in [2.24, 2.45) is 5.92 Å². The first-order valence-electron chi connectivity index (χ1n) is 16.4. The molecule has 4 N–H and O–H groups in total. The number of hydrogen-bond acceptors (Lipinski definition) is 4. The van der Waals surface area contributed by atoms with Crippen molar-refractivity contribution in [3.63, 3.8) is 0 Å². The van der Waals surface area contributed by atoms with Crippen LogP contribution in [0.3, 0.4) is 0 Å². The maximum atomic E-state index is 11.6. The van der Waals surface area contributed by atoms with E-state index in [0.29, 0.717) is 32.1 Å². The summed E-state index contributed by atoms with van der Waals surface area (Å²) in [4.78, 5) is 46.6. The summed E-state index contributed by atoms with van der Waals surface area (Å²) in [6.45, 7) is 8.04. The minimum absolute atomic E-state index is 0. The molecule has 49 heavy (non-hydrogen) atoms. The number of allylic oxidation sites excluding steroid dienone is 9. The van der Waals surface area contributed by atoms with Gasteiger partial charge in [0.15, 0.2) is 0 Å². The Hall–Kier alpha value is -4.36. The van der Waals surface area contributed by atoms with Crippen LogP contribution in [0.4, 0.5) is 0 Å². The average molecular weight is 716 g/mol. The third kappa shape index (κ3) is 8.27. The van der Waals surface area contributed by atoms with Crippen molar-refractivity contribution >= 4 is 42.1 Å². The second-order valence-corrected chi connectivity index (χ2v) is 13.1. The number of carbonyl (C=O) groups is 4. The number of aliphatic carboxylic acids is 4. The van der Waals surface area contributed by atoms with Crippen LogP contribution in [0.1, 0.15) is 85.8 Å². The molecule has 0 amide bonds. The predicted octanol–water partition coefficient (Wildman–Crippen LogP) is 5.83. The van der Waals surface area contributed by atoms with Crippen LogP contribution in [-0.2, 0) is 57.9 Å². The maximum Gasteiger partial charge on any atom is 2.00 e. The fraction of sp³-hybridized carbons (Fsp3) is 0.350. The maximum absolute atomic E-state index is 11.6. The topological polar surface area (TPSA) is 149 Å². The molecule has 8 bridgehead atoms. The van der Waals surface area contributed by atoms with E-state index in [-0.39, 0.29) is 51.1 Å². The van der Waals surface area contributed by atoms with Gasteiger partial charge in [-0.3, -0.25) is 19.2 Å². The Morgan fingerprint density at radius 2 is 1.18 bits per heavy atom. The molecular formula is C40H42O8Zn. The van der Waals surface area contributed by atoms with Gasteiger partial charge in [0.25, 0.3) is 0 Å². The molecule has 0 spiro atoms. The fourth-order valence-electron chi connectivity index (χ4n) is 7.46. The summed E-state index contributed by atoms with van der Waals surface area (Å²) in [5.41, 5.74) is 12.7. The van der Waals surface area contributed by atoms with Gasteiger partial charge in [0.2, 0.25) is 0 Å². The normalized spacial score (nSPS) is 19.2. The summed E-state index contributed by atoms with van der Waals surface area (Å²) in [5, 5.41) is 40.0. The van der Waals surface area contributed by atoms with Crippen molar-refractivity contribution in [1.82, 2.24) is 0 Å². The molecule has 3 aliphatic rings. The van der Waals surface area contributed by atoms with Crippen LogP contribution in [0, 0.1) is 19.8 Å². The Morgan fingerprint density at radius 1 is 0.633 bits per heavy atom. The van der Waals surface area contributed by atoms with Gasteiger partial charge >= 0.3 is 43.4 Å². The molecule has 9 heteroatoms. The quantitative estimate of drug-likeness (QED) is 0.158. The number of hydrogen-bond donors (Lipinski definition) is 4. The molecule has 2 aromatic rings. The van der Waals surface area contributed by atoms with Crippen molar-refractivity contribution in [2.75, 3.05) is 0 Å². The molecule has 3 aliphatic carbocycles. The predicted molar refractivity (Wildman–Crippen MR) is 184 cm³/mol. The molecule has 1 atom stereocenters. The van der Waals surface area contributed by atoms with Crippen molar-refractivity contribution in [1.29, 1.82) is 0 Å². The number of carboxylic acids is 4. The van der Waals surface area contributed by atoms with Crippen LogP contribution < -0.4 is 10.4 Å². The fourth-order valence-corrected chi connectivity index (χ4v) is 7.46. The Bertz CT molecular complexity index is 2000. The van der Waals surface area contributed by atoms with Gasteiger partial charge in [-0.15, -0.1) is 57.5 Å². The van der Waals surface area contributed by atoms with Gasteiger partial charge in [-0.2, -0.15) is 16.7 Å². The van der Waals surface area contributed by atoms with Gasteiger partial charge in [0, 0.05) is 31.6 Å². The first-order chi connectivity index (χ1) is 22.7. The third-order valence-electron chi connectivity index (χ3n) is 10.2. The monoisotopic (exact) mass is 714 g/mol. The molecule has 0 fully saturated rings. The van der Waals surface area contributed by atoms with E-state index in [9.17, 15) is 39.6 Å². The minimum atomic E-state index is -0.884. The summed E-state index contributed by atoms with van der Waals surface area (Å²) in [6, 6.07) is 4.20. The third-order valence-corrected chi connectivity index (χ3v) is 10.2. The van der Waals surface area contributed by atoms with E-state index in [0.717, 1.165) is 82.8 Å².